The van der Waals surface area contributed by atoms with Crippen molar-refractivity contribution in [2.45, 2.75) is 19.8 Å². The molecule has 0 amide bonds. The van der Waals surface area contributed by atoms with Gasteiger partial charge in [-0.2, -0.15) is 0 Å². The van der Waals surface area contributed by atoms with E-state index in [0.29, 0.717) is 16.9 Å². The van der Waals surface area contributed by atoms with Crippen molar-refractivity contribution in [2.75, 3.05) is 7.11 Å². The summed E-state index contributed by atoms with van der Waals surface area (Å²) >= 11 is 0. The molecule has 4 nitrogen and oxygen atoms in total. The van der Waals surface area contributed by atoms with E-state index in [1.54, 1.807) is 6.07 Å². The number of para-hydroxylation sites is 1. The van der Waals surface area contributed by atoms with Gasteiger partial charge >= 0.3 is 5.97 Å². The van der Waals surface area contributed by atoms with E-state index in [2.05, 4.69) is 0 Å². The van der Waals surface area contributed by atoms with Crippen molar-refractivity contribution in [2.24, 2.45) is 0 Å². The largest absolute Gasteiger partial charge is 0.493 e. The molecule has 0 unspecified atom stereocenters. The number of furan rings is 1. The summed E-state index contributed by atoms with van der Waals surface area (Å²) in [5.41, 5.74) is 1.21. The minimum Gasteiger partial charge on any atom is -0.493 e. The van der Waals surface area contributed by atoms with Crippen LogP contribution in [0, 0.1) is 0 Å². The molecule has 2 rings (SSSR count). The lowest BCUT2D eigenvalue weighted by Gasteiger charge is -2.03. The number of hydrogen-bond acceptors (Lipinski definition) is 3. The van der Waals surface area contributed by atoms with Gasteiger partial charge in [0.2, 0.25) is 5.76 Å². The molecule has 90 valence electrons. The van der Waals surface area contributed by atoms with Crippen LogP contribution >= 0.6 is 0 Å². The first-order valence-corrected chi connectivity index (χ1v) is 5.39. The molecule has 0 aliphatic carbocycles. The Balaban J connectivity index is 2.83. The van der Waals surface area contributed by atoms with Gasteiger partial charge in [0.15, 0.2) is 11.3 Å². The summed E-state index contributed by atoms with van der Waals surface area (Å²) in [5, 5.41) is 9.95. The van der Waals surface area contributed by atoms with Crippen molar-refractivity contribution in [3.8, 4) is 5.75 Å². The molecule has 4 heteroatoms. The molecular weight excluding hydrogens is 220 g/mol. The molecule has 17 heavy (non-hydrogen) atoms. The number of fused-ring (bicyclic) bond motifs is 1. The fourth-order valence-corrected chi connectivity index (χ4v) is 2.01. The summed E-state index contributed by atoms with van der Waals surface area (Å²) in [7, 11) is 1.53. The van der Waals surface area contributed by atoms with E-state index in [4.69, 9.17) is 14.3 Å². The van der Waals surface area contributed by atoms with E-state index in [9.17, 15) is 4.79 Å². The summed E-state index contributed by atoms with van der Waals surface area (Å²) in [6.45, 7) is 3.88. The fraction of sp³-hybridized carbons (Fsp3) is 0.308. The SMILES string of the molecule is COc1cccc2c(C(C)C)c(C(=O)O)oc12. The second-order valence-electron chi connectivity index (χ2n) is 4.14. The van der Waals surface area contributed by atoms with E-state index >= 15 is 0 Å². The predicted octanol–water partition coefficient (Wildman–Crippen LogP) is 3.26. The molecular formula is C13H14O4. The fourth-order valence-electron chi connectivity index (χ4n) is 2.01. The van der Waals surface area contributed by atoms with Gasteiger partial charge in [-0.1, -0.05) is 26.0 Å². The lowest BCUT2D eigenvalue weighted by molar-refractivity contribution is 0.0662. The minimum absolute atomic E-state index is 0.000463. The molecule has 0 aliphatic heterocycles. The van der Waals surface area contributed by atoms with Crippen LogP contribution in [-0.2, 0) is 0 Å². The van der Waals surface area contributed by atoms with E-state index in [1.807, 2.05) is 26.0 Å². The van der Waals surface area contributed by atoms with E-state index in [1.165, 1.54) is 7.11 Å². The molecule has 0 aliphatic rings. The number of ether oxygens (including phenoxy) is 1. The van der Waals surface area contributed by atoms with Gasteiger partial charge in [0.25, 0.3) is 0 Å². The number of hydrogen-bond donors (Lipinski definition) is 1. The van der Waals surface area contributed by atoms with Crippen molar-refractivity contribution in [3.63, 3.8) is 0 Å². The summed E-state index contributed by atoms with van der Waals surface area (Å²) in [6, 6.07) is 5.43. The molecule has 0 saturated carbocycles. The molecule has 0 radical (unpaired) electrons. The van der Waals surface area contributed by atoms with Crippen molar-refractivity contribution >= 4 is 16.9 Å². The molecule has 0 bridgehead atoms. The maximum Gasteiger partial charge on any atom is 0.372 e. The Bertz CT molecular complexity index is 566. The van der Waals surface area contributed by atoms with Crippen LogP contribution < -0.4 is 4.74 Å². The maximum absolute atomic E-state index is 11.2. The first-order valence-electron chi connectivity index (χ1n) is 5.39. The predicted molar refractivity (Wildman–Crippen MR) is 63.8 cm³/mol. The Morgan fingerprint density at radius 1 is 1.41 bits per heavy atom. The average Bonchev–Trinajstić information content (AvgIpc) is 2.67. The van der Waals surface area contributed by atoms with E-state index < -0.39 is 5.97 Å². The zero-order valence-electron chi connectivity index (χ0n) is 9.98. The van der Waals surface area contributed by atoms with Gasteiger partial charge in [-0.05, 0) is 12.0 Å². The zero-order chi connectivity index (χ0) is 12.6. The van der Waals surface area contributed by atoms with Crippen LogP contribution in [0.1, 0.15) is 35.9 Å². The van der Waals surface area contributed by atoms with Crippen LogP contribution in [0.3, 0.4) is 0 Å². The van der Waals surface area contributed by atoms with Crippen molar-refractivity contribution in [3.05, 3.63) is 29.5 Å². The highest BCUT2D eigenvalue weighted by Gasteiger charge is 2.23. The van der Waals surface area contributed by atoms with Gasteiger partial charge in [0, 0.05) is 10.9 Å². The molecule has 1 heterocycles. The van der Waals surface area contributed by atoms with Crippen LogP contribution in [0.2, 0.25) is 0 Å². The quantitative estimate of drug-likeness (QED) is 0.885. The summed E-state index contributed by atoms with van der Waals surface area (Å²) in [4.78, 5) is 11.2. The minimum atomic E-state index is -1.05. The Morgan fingerprint density at radius 2 is 2.12 bits per heavy atom. The topological polar surface area (TPSA) is 59.7 Å². The molecule has 2 aromatic rings. The molecule has 1 aromatic carbocycles. The Kier molecular flexibility index (Phi) is 2.79. The molecule has 0 spiro atoms. The first kappa shape index (κ1) is 11.5. The highest BCUT2D eigenvalue weighted by Crippen LogP contribution is 2.36. The number of benzene rings is 1. The van der Waals surface area contributed by atoms with Gasteiger partial charge in [-0.3, -0.25) is 0 Å². The Labute approximate surface area is 98.8 Å². The monoisotopic (exact) mass is 234 g/mol. The summed E-state index contributed by atoms with van der Waals surface area (Å²) in [6.07, 6.45) is 0. The van der Waals surface area contributed by atoms with Crippen LogP contribution in [0.5, 0.6) is 5.75 Å². The smallest absolute Gasteiger partial charge is 0.372 e. The standard InChI is InChI=1S/C13H14O4/c1-7(2)10-8-5-4-6-9(16-3)11(8)17-12(10)13(14)15/h4-7H,1-3H3,(H,14,15). The van der Waals surface area contributed by atoms with Crippen molar-refractivity contribution in [1.29, 1.82) is 0 Å². The second kappa shape index (κ2) is 4.13. The third-order valence-corrected chi connectivity index (χ3v) is 2.71. The molecule has 0 saturated heterocycles. The van der Waals surface area contributed by atoms with Crippen LogP contribution in [0.15, 0.2) is 22.6 Å². The molecule has 1 N–H and O–H groups in total. The number of aromatic carboxylic acids is 1. The maximum atomic E-state index is 11.2. The van der Waals surface area contributed by atoms with Gasteiger partial charge in [0.05, 0.1) is 7.11 Å². The van der Waals surface area contributed by atoms with Crippen LogP contribution in [-0.4, -0.2) is 18.2 Å². The molecule has 0 atom stereocenters. The highest BCUT2D eigenvalue weighted by molar-refractivity contribution is 5.97. The number of carbonyl (C=O) groups is 1. The van der Waals surface area contributed by atoms with Gasteiger partial charge in [0.1, 0.15) is 0 Å². The van der Waals surface area contributed by atoms with E-state index in [0.717, 1.165) is 5.39 Å². The Morgan fingerprint density at radius 3 is 2.65 bits per heavy atom. The highest BCUT2D eigenvalue weighted by atomic mass is 16.5. The van der Waals surface area contributed by atoms with Crippen molar-refractivity contribution in [1.82, 2.24) is 0 Å². The van der Waals surface area contributed by atoms with Gasteiger partial charge in [-0.15, -0.1) is 0 Å². The summed E-state index contributed by atoms with van der Waals surface area (Å²) in [5.74, 6) is -0.419. The number of rotatable bonds is 3. The third-order valence-electron chi connectivity index (χ3n) is 2.71. The average molecular weight is 234 g/mol. The number of carboxylic acid groups (broad SMARTS) is 1. The zero-order valence-corrected chi connectivity index (χ0v) is 9.98. The first-order chi connectivity index (χ1) is 8.06. The van der Waals surface area contributed by atoms with Crippen molar-refractivity contribution < 1.29 is 19.1 Å². The van der Waals surface area contributed by atoms with E-state index in [-0.39, 0.29) is 11.7 Å². The number of carboxylic acids is 1. The van der Waals surface area contributed by atoms with Gasteiger partial charge in [-0.25, -0.2) is 4.79 Å². The Hall–Kier alpha value is -1.97. The normalized spacial score (nSPS) is 11.1. The summed E-state index contributed by atoms with van der Waals surface area (Å²) < 4.78 is 10.6. The third kappa shape index (κ3) is 1.75. The second-order valence-corrected chi connectivity index (χ2v) is 4.14. The molecule has 0 fully saturated rings. The number of methoxy groups -OCH3 is 1. The molecule has 1 aromatic heterocycles. The lowest BCUT2D eigenvalue weighted by atomic mass is 9.99. The lowest BCUT2D eigenvalue weighted by Crippen LogP contribution is -2.00. The van der Waals surface area contributed by atoms with Crippen LogP contribution in [0.4, 0.5) is 0 Å². The van der Waals surface area contributed by atoms with Gasteiger partial charge < -0.3 is 14.3 Å². The van der Waals surface area contributed by atoms with Crippen LogP contribution in [0.25, 0.3) is 11.0 Å².